The van der Waals surface area contributed by atoms with Crippen LogP contribution in [0, 0.1) is 17.5 Å². The Kier molecular flexibility index (Phi) is 7.61. The van der Waals surface area contributed by atoms with Gasteiger partial charge in [0.15, 0.2) is 0 Å². The van der Waals surface area contributed by atoms with Crippen LogP contribution in [0.1, 0.15) is 58.8 Å². The van der Waals surface area contributed by atoms with Gasteiger partial charge in [0.25, 0.3) is 0 Å². The summed E-state index contributed by atoms with van der Waals surface area (Å²) in [6.45, 7) is 1.36. The maximum Gasteiger partial charge on any atom is 0.416 e. The van der Waals surface area contributed by atoms with Crippen molar-refractivity contribution in [3.05, 3.63) is 99.9 Å². The topological polar surface area (TPSA) is 35.5 Å². The molecule has 0 amide bonds. The summed E-state index contributed by atoms with van der Waals surface area (Å²) in [6.07, 6.45) is -3.24. The van der Waals surface area contributed by atoms with Crippen LogP contribution in [0.25, 0.3) is 11.1 Å². The molecule has 3 aromatic carbocycles. The molecule has 0 unspecified atom stereocenters. The molecule has 0 aromatic heterocycles. The van der Waals surface area contributed by atoms with Crippen LogP contribution < -0.4 is 4.74 Å². The molecule has 0 saturated heterocycles. The highest BCUT2D eigenvalue weighted by atomic mass is 19.4. The van der Waals surface area contributed by atoms with Crippen LogP contribution in [0.5, 0.6) is 5.75 Å². The molecular weight excluding hydrogens is 498 g/mol. The fourth-order valence-electron chi connectivity index (χ4n) is 4.32. The van der Waals surface area contributed by atoms with Crippen molar-refractivity contribution in [2.24, 2.45) is 0 Å². The van der Waals surface area contributed by atoms with Crippen LogP contribution in [0.2, 0.25) is 0 Å². The Labute approximate surface area is 209 Å². The van der Waals surface area contributed by atoms with Crippen LogP contribution in [0.4, 0.5) is 26.3 Å². The van der Waals surface area contributed by atoms with Gasteiger partial charge in [-0.2, -0.15) is 13.2 Å². The molecule has 0 N–H and O–H groups in total. The first-order valence-electron chi connectivity index (χ1n) is 11.5. The average molecular weight is 520 g/mol. The van der Waals surface area contributed by atoms with Gasteiger partial charge in [0.2, 0.25) is 0 Å². The Morgan fingerprint density at radius 2 is 1.65 bits per heavy atom. The lowest BCUT2D eigenvalue weighted by Gasteiger charge is -2.17. The van der Waals surface area contributed by atoms with Gasteiger partial charge < -0.3 is 9.47 Å². The zero-order chi connectivity index (χ0) is 26.7. The van der Waals surface area contributed by atoms with E-state index in [0.717, 1.165) is 30.3 Å². The quantitative estimate of drug-likeness (QED) is 0.234. The molecule has 9 heteroatoms. The zero-order valence-corrected chi connectivity index (χ0v) is 19.7. The van der Waals surface area contributed by atoms with Crippen LogP contribution in [-0.4, -0.2) is 12.6 Å². The van der Waals surface area contributed by atoms with Crippen molar-refractivity contribution in [2.75, 3.05) is 6.61 Å². The Morgan fingerprint density at radius 1 is 0.892 bits per heavy atom. The zero-order valence-electron chi connectivity index (χ0n) is 19.7. The second-order valence-corrected chi connectivity index (χ2v) is 8.49. The predicted octanol–water partition coefficient (Wildman–Crippen LogP) is 7.97. The third-order valence-electron chi connectivity index (χ3n) is 6.01. The molecule has 0 radical (unpaired) electrons. The maximum absolute atomic E-state index is 14.4. The molecule has 0 fully saturated rings. The van der Waals surface area contributed by atoms with E-state index in [4.69, 9.17) is 9.47 Å². The summed E-state index contributed by atoms with van der Waals surface area (Å²) in [4.78, 5) is 12.2. The number of hydrogen-bond acceptors (Lipinski definition) is 3. The van der Waals surface area contributed by atoms with Gasteiger partial charge in [-0.25, -0.2) is 18.0 Å². The van der Waals surface area contributed by atoms with Crippen molar-refractivity contribution in [2.45, 2.75) is 39.0 Å². The van der Waals surface area contributed by atoms with Crippen LogP contribution >= 0.6 is 0 Å². The molecule has 0 atom stereocenters. The number of esters is 1. The smallest absolute Gasteiger partial charge is 0.416 e. The van der Waals surface area contributed by atoms with E-state index >= 15 is 0 Å². The summed E-state index contributed by atoms with van der Waals surface area (Å²) in [5.41, 5.74) is 0.659. The fraction of sp³-hybridized carbons (Fsp3) is 0.250. The molecular formula is C28H22F6O3. The average Bonchev–Trinajstić information content (AvgIpc) is 3.32. The van der Waals surface area contributed by atoms with Gasteiger partial charge in [0.1, 0.15) is 29.8 Å². The lowest BCUT2D eigenvalue weighted by molar-refractivity contribution is -0.137. The molecule has 3 nitrogen and oxygen atoms in total. The maximum atomic E-state index is 14.4. The Morgan fingerprint density at radius 3 is 2.35 bits per heavy atom. The highest BCUT2D eigenvalue weighted by molar-refractivity contribution is 5.97. The molecule has 0 heterocycles. The number of alkyl halides is 3. The van der Waals surface area contributed by atoms with Gasteiger partial charge in [0, 0.05) is 17.2 Å². The molecule has 37 heavy (non-hydrogen) atoms. The largest absolute Gasteiger partial charge is 0.488 e. The van der Waals surface area contributed by atoms with Gasteiger partial charge >= 0.3 is 12.1 Å². The van der Waals surface area contributed by atoms with E-state index in [9.17, 15) is 31.1 Å². The van der Waals surface area contributed by atoms with Crippen molar-refractivity contribution in [1.29, 1.82) is 0 Å². The minimum Gasteiger partial charge on any atom is -0.488 e. The van der Waals surface area contributed by atoms with Crippen molar-refractivity contribution in [1.82, 2.24) is 0 Å². The second kappa shape index (κ2) is 10.7. The van der Waals surface area contributed by atoms with Crippen molar-refractivity contribution in [3.8, 4) is 5.75 Å². The fourth-order valence-corrected chi connectivity index (χ4v) is 4.32. The number of benzene rings is 3. The molecule has 0 saturated carbocycles. The van der Waals surface area contributed by atoms with E-state index in [1.807, 2.05) is 0 Å². The van der Waals surface area contributed by atoms with Gasteiger partial charge in [-0.15, -0.1) is 0 Å². The minimum absolute atomic E-state index is 0.0112. The first-order chi connectivity index (χ1) is 17.6. The third-order valence-corrected chi connectivity index (χ3v) is 6.01. The number of allylic oxidation sites excluding steroid dienone is 2. The molecule has 0 bridgehead atoms. The molecule has 4 rings (SSSR count). The molecule has 0 aliphatic heterocycles. The Balaban J connectivity index is 1.79. The van der Waals surface area contributed by atoms with Crippen molar-refractivity contribution < 1.29 is 40.6 Å². The highest BCUT2D eigenvalue weighted by Gasteiger charge is 2.32. The number of hydrogen-bond donors (Lipinski definition) is 0. The normalized spacial score (nSPS) is 13.7. The SMILES string of the molecule is CCOC(=O)c1cc(F)cc(C2=C(c3cc(C(F)(F)F)ccc3OCc3ccc(F)cc3F)CCC2)c1. The molecule has 194 valence electrons. The summed E-state index contributed by atoms with van der Waals surface area (Å²) in [6, 6.07) is 9.59. The number of ether oxygens (including phenoxy) is 2. The number of carbonyl (C=O) groups is 1. The first-order valence-corrected chi connectivity index (χ1v) is 11.5. The van der Waals surface area contributed by atoms with Crippen molar-refractivity contribution in [3.63, 3.8) is 0 Å². The summed E-state index contributed by atoms with van der Waals surface area (Å²) >= 11 is 0. The van der Waals surface area contributed by atoms with E-state index in [1.54, 1.807) is 6.92 Å². The van der Waals surface area contributed by atoms with E-state index in [2.05, 4.69) is 0 Å². The second-order valence-electron chi connectivity index (χ2n) is 8.49. The van der Waals surface area contributed by atoms with Gasteiger partial charge in [-0.3, -0.25) is 0 Å². The van der Waals surface area contributed by atoms with E-state index in [-0.39, 0.29) is 35.7 Å². The van der Waals surface area contributed by atoms with Crippen LogP contribution in [0.3, 0.4) is 0 Å². The Hall–Kier alpha value is -3.75. The summed E-state index contributed by atoms with van der Waals surface area (Å²) < 4.78 is 93.1. The standard InChI is InChI=1S/C28H22F6O3/c1-2-36-27(35)18-10-17(11-21(30)12-18)22-4-3-5-23(22)24-13-19(28(32,33)34)7-9-26(24)37-15-16-6-8-20(29)14-25(16)31/h6-14H,2-5,15H2,1H3. The molecule has 3 aromatic rings. The Bertz CT molecular complexity index is 1360. The molecule has 1 aliphatic carbocycles. The van der Waals surface area contributed by atoms with Crippen molar-refractivity contribution >= 4 is 17.1 Å². The number of rotatable bonds is 7. The summed E-state index contributed by atoms with van der Waals surface area (Å²) in [7, 11) is 0. The number of halogens is 6. The van der Waals surface area contributed by atoms with Gasteiger partial charge in [-0.1, -0.05) is 0 Å². The molecule has 0 spiro atoms. The summed E-state index contributed by atoms with van der Waals surface area (Å²) in [5, 5.41) is 0. The van der Waals surface area contributed by atoms with E-state index in [0.29, 0.717) is 42.0 Å². The lowest BCUT2D eigenvalue weighted by Crippen LogP contribution is -2.08. The van der Waals surface area contributed by atoms with Gasteiger partial charge in [-0.05, 0) is 91.4 Å². The third kappa shape index (κ3) is 5.98. The van der Waals surface area contributed by atoms with Gasteiger partial charge in [0.05, 0.1) is 17.7 Å². The van der Waals surface area contributed by atoms with Crippen LogP contribution in [0.15, 0.2) is 54.6 Å². The van der Waals surface area contributed by atoms with E-state index in [1.165, 1.54) is 18.2 Å². The predicted molar refractivity (Wildman–Crippen MR) is 125 cm³/mol. The van der Waals surface area contributed by atoms with E-state index < -0.39 is 35.2 Å². The monoisotopic (exact) mass is 520 g/mol. The lowest BCUT2D eigenvalue weighted by atomic mass is 9.94. The summed E-state index contributed by atoms with van der Waals surface area (Å²) in [5.74, 6) is -2.96. The molecule has 1 aliphatic rings. The number of carbonyl (C=O) groups excluding carboxylic acids is 1. The minimum atomic E-state index is -4.63. The first kappa shape index (κ1) is 26.3. The van der Waals surface area contributed by atoms with Crippen LogP contribution in [-0.2, 0) is 17.5 Å². The highest BCUT2D eigenvalue weighted by Crippen LogP contribution is 2.45.